The fourth-order valence-electron chi connectivity index (χ4n) is 7.31. The van der Waals surface area contributed by atoms with Crippen molar-refractivity contribution in [1.82, 2.24) is 0 Å². The minimum Gasteiger partial charge on any atom is -0.507 e. The normalized spacial score (nSPS) is 23.1. The molecule has 0 saturated carbocycles. The number of aromatic hydroxyl groups is 5. The molecule has 58 heavy (non-hydrogen) atoms. The smallest absolute Gasteiger partial charge is 0.347 e. The number of methoxy groups -OCH3 is 2. The Morgan fingerprint density at radius 1 is 0.759 bits per heavy atom. The Balaban J connectivity index is 1.41. The van der Waals surface area contributed by atoms with Gasteiger partial charge in [-0.1, -0.05) is 6.07 Å². The molecule has 2 aliphatic rings. The maximum atomic E-state index is 11.5. The molecule has 0 bridgehead atoms. The van der Waals surface area contributed by atoms with Gasteiger partial charge in [-0.3, -0.25) is 4.79 Å². The van der Waals surface area contributed by atoms with E-state index in [0.717, 1.165) is 6.07 Å². The molecule has 0 amide bonds. The highest BCUT2D eigenvalue weighted by molar-refractivity contribution is 6.10. The molecular weight excluding hydrogens is 768 g/mol. The van der Waals surface area contributed by atoms with E-state index in [2.05, 4.69) is 0 Å². The monoisotopic (exact) mass is 805 g/mol. The summed E-state index contributed by atoms with van der Waals surface area (Å²) in [7, 11) is 2.59. The minimum absolute atomic E-state index is 0.00555. The van der Waals surface area contributed by atoms with E-state index in [1.54, 1.807) is 0 Å². The molecule has 0 unspecified atom stereocenters. The van der Waals surface area contributed by atoms with E-state index < -0.39 is 72.5 Å². The summed E-state index contributed by atoms with van der Waals surface area (Å²) < 4.78 is 41.7. The molecule has 2 aliphatic heterocycles. The van der Waals surface area contributed by atoms with Crippen LogP contribution in [0.4, 0.5) is 0 Å². The number of benzene rings is 4. The third-order valence-corrected chi connectivity index (χ3v) is 10.2. The van der Waals surface area contributed by atoms with Gasteiger partial charge in [0.1, 0.15) is 70.3 Å². The van der Waals surface area contributed by atoms with Crippen molar-refractivity contribution >= 4 is 21.9 Å². The molecule has 4 aromatic carbocycles. The molecule has 11 N–H and O–H groups in total. The van der Waals surface area contributed by atoms with Crippen LogP contribution in [0.3, 0.4) is 0 Å². The summed E-state index contributed by atoms with van der Waals surface area (Å²) in [6.45, 7) is -0.773. The summed E-state index contributed by atoms with van der Waals surface area (Å²) in [5.41, 5.74) is -0.0961. The number of rotatable bonds is 8. The predicted octanol–water partition coefficient (Wildman–Crippen LogP) is 2.28. The van der Waals surface area contributed by atoms with Crippen LogP contribution in [-0.2, 0) is 11.2 Å². The number of ether oxygens (including phenoxy) is 5. The van der Waals surface area contributed by atoms with E-state index in [1.807, 2.05) is 0 Å². The van der Waals surface area contributed by atoms with Gasteiger partial charge in [0.15, 0.2) is 34.5 Å². The van der Waals surface area contributed by atoms with Crippen molar-refractivity contribution in [3.05, 3.63) is 71.2 Å². The average molecular weight is 806 g/mol. The molecule has 8 rings (SSSR count). The first-order valence-corrected chi connectivity index (χ1v) is 17.7. The molecule has 304 valence electrons. The third-order valence-electron chi connectivity index (χ3n) is 10.2. The summed E-state index contributed by atoms with van der Waals surface area (Å²) >= 11 is 0. The van der Waals surface area contributed by atoms with Gasteiger partial charge in [-0.2, -0.15) is 0 Å². The average Bonchev–Trinajstić information content (AvgIpc) is 3.19. The molecular formula is C40H37O18+. The van der Waals surface area contributed by atoms with Crippen molar-refractivity contribution in [3.63, 3.8) is 0 Å². The summed E-state index contributed by atoms with van der Waals surface area (Å²) in [5.74, 6) is -3.09. The van der Waals surface area contributed by atoms with Crippen LogP contribution in [0.5, 0.6) is 51.7 Å². The predicted molar refractivity (Wildman–Crippen MR) is 197 cm³/mol. The van der Waals surface area contributed by atoms with Crippen molar-refractivity contribution in [1.29, 1.82) is 0 Å². The van der Waals surface area contributed by atoms with Gasteiger partial charge in [-0.05, 0) is 35.9 Å². The minimum atomic E-state index is -1.90. The Labute approximate surface area is 325 Å². The van der Waals surface area contributed by atoms with Crippen molar-refractivity contribution in [2.75, 3.05) is 20.8 Å². The van der Waals surface area contributed by atoms with E-state index in [1.165, 1.54) is 62.8 Å². The zero-order valence-corrected chi connectivity index (χ0v) is 30.4. The van der Waals surface area contributed by atoms with Gasteiger partial charge in [-0.15, -0.1) is 0 Å². The zero-order valence-electron chi connectivity index (χ0n) is 30.4. The number of phenols is 5. The highest BCUT2D eigenvalue weighted by atomic mass is 16.7. The van der Waals surface area contributed by atoms with Gasteiger partial charge in [-0.25, -0.2) is 0 Å². The Kier molecular flexibility index (Phi) is 9.62. The number of aliphatic hydroxyl groups is 5. The number of aliphatic hydroxyl groups excluding tert-OH is 5. The van der Waals surface area contributed by atoms with Gasteiger partial charge in [0.25, 0.3) is 0 Å². The largest absolute Gasteiger partial charge is 0.507 e. The van der Waals surface area contributed by atoms with Gasteiger partial charge < -0.3 is 83.6 Å². The van der Waals surface area contributed by atoms with E-state index in [9.17, 15) is 55.9 Å². The topological polar surface area (TPSA) is 296 Å². The van der Waals surface area contributed by atoms with E-state index in [4.69, 9.17) is 32.5 Å². The molecule has 4 heterocycles. The quantitative estimate of drug-likeness (QED) is 0.0779. The third kappa shape index (κ3) is 6.28. The maximum Gasteiger partial charge on any atom is 0.347 e. The number of fused-ring (bicyclic) bond motifs is 1. The van der Waals surface area contributed by atoms with Crippen LogP contribution in [-0.4, -0.2) is 113 Å². The lowest BCUT2D eigenvalue weighted by Crippen LogP contribution is -2.60. The highest BCUT2D eigenvalue weighted by Gasteiger charge is 2.45. The molecule has 0 spiro atoms. The highest BCUT2D eigenvalue weighted by Crippen LogP contribution is 2.53. The summed E-state index contributed by atoms with van der Waals surface area (Å²) in [5, 5.41) is 107. The van der Waals surface area contributed by atoms with Crippen LogP contribution in [0.1, 0.15) is 17.2 Å². The molecule has 6 aromatic rings. The first-order chi connectivity index (χ1) is 27.7. The lowest BCUT2D eigenvalue weighted by molar-refractivity contribution is -0.277. The van der Waals surface area contributed by atoms with Crippen molar-refractivity contribution in [2.24, 2.45) is 0 Å². The first-order valence-electron chi connectivity index (χ1n) is 17.7. The Bertz CT molecular complexity index is 2600. The second kappa shape index (κ2) is 14.5. The standard InChI is InChI=1S/C40H36O18/c1-52-27-6-15(7-28(53-2)32(27)48)37-39(58-40-35(51)34(50)33(49)29(13-41)56-40)18-11-26(54-24-8-16(42)9-25(55-37)30(18)24)31-22(46)12-20(44)17-10-23(47)36(57-38(17)31)14-3-4-19(43)21(45)5-14/h3-9,11-12,23,29,33-36,40-41,43-51H,10,13H2,1-2H3/p+1/t23-,29+,33+,34-,35+,36+,40-/m0/s1. The molecule has 18 heteroatoms. The molecule has 18 nitrogen and oxygen atoms in total. The van der Waals surface area contributed by atoms with Gasteiger partial charge >= 0.3 is 5.43 Å². The van der Waals surface area contributed by atoms with Crippen LogP contribution in [0.25, 0.3) is 44.6 Å². The van der Waals surface area contributed by atoms with Crippen LogP contribution in [0.2, 0.25) is 0 Å². The second-order valence-corrected chi connectivity index (χ2v) is 13.8. The molecule has 0 radical (unpaired) electrons. The van der Waals surface area contributed by atoms with E-state index in [-0.39, 0.29) is 96.3 Å². The first kappa shape index (κ1) is 38.5. The molecule has 7 atom stereocenters. The van der Waals surface area contributed by atoms with Crippen LogP contribution >= 0.6 is 0 Å². The van der Waals surface area contributed by atoms with Gasteiger partial charge in [0, 0.05) is 29.0 Å². The summed E-state index contributed by atoms with van der Waals surface area (Å²) in [4.78, 5) is 10.9. The van der Waals surface area contributed by atoms with Crippen molar-refractivity contribution in [2.45, 2.75) is 49.3 Å². The molecule has 1 saturated heterocycles. The second-order valence-electron chi connectivity index (χ2n) is 13.8. The fourth-order valence-corrected chi connectivity index (χ4v) is 7.31. The van der Waals surface area contributed by atoms with Gasteiger partial charge in [0.05, 0.1) is 44.4 Å². The van der Waals surface area contributed by atoms with Crippen LogP contribution in [0, 0.1) is 0 Å². The summed E-state index contributed by atoms with van der Waals surface area (Å²) in [6.07, 6.45) is -11.3. The van der Waals surface area contributed by atoms with E-state index in [0.29, 0.717) is 0 Å². The number of hydrogen-bond acceptors (Lipinski definition) is 17. The Hall–Kier alpha value is -6.41. The van der Waals surface area contributed by atoms with Crippen LogP contribution in [0.15, 0.2) is 63.4 Å². The van der Waals surface area contributed by atoms with Gasteiger partial charge in [0.2, 0.25) is 12.0 Å². The number of phenolic OH excluding ortho intramolecular Hbond substituents is 5. The number of hydrogen-bond donors (Lipinski definition) is 10. The zero-order chi connectivity index (χ0) is 41.3. The SMILES string of the molecule is COc1cc(-c2oc3cc(=[OH+])cc4oc(-c5c(O)cc(O)c6c5O[C@H](c5ccc(O)c(O)c5)[C@@H](O)C6)cc(c2O[C@@H]2O[C@H](CO)[C@@H](O)[C@H](O)[C@H]2O)c43)cc(OC)c1O. The van der Waals surface area contributed by atoms with E-state index >= 15 is 0 Å². The lowest BCUT2D eigenvalue weighted by Gasteiger charge is -2.39. The Morgan fingerprint density at radius 2 is 1.45 bits per heavy atom. The van der Waals surface area contributed by atoms with Crippen molar-refractivity contribution < 1.29 is 88.4 Å². The maximum absolute atomic E-state index is 11.5. The summed E-state index contributed by atoms with van der Waals surface area (Å²) in [6, 6.07) is 11.4. The molecule has 2 aromatic heterocycles. The molecule has 0 aliphatic carbocycles. The van der Waals surface area contributed by atoms with Crippen LogP contribution < -0.4 is 24.4 Å². The fraction of sp³-hybridized carbons (Fsp3) is 0.275. The Morgan fingerprint density at radius 3 is 2.10 bits per heavy atom. The molecule has 1 fully saturated rings. The van der Waals surface area contributed by atoms with Crippen molar-refractivity contribution in [3.8, 4) is 74.4 Å². The lowest BCUT2D eigenvalue weighted by atomic mass is 9.91.